The van der Waals surface area contributed by atoms with Crippen LogP contribution in [0.5, 0.6) is 5.75 Å². The molecule has 0 aliphatic rings. The Morgan fingerprint density at radius 1 is 1.32 bits per heavy atom. The molecule has 0 bridgehead atoms. The van der Waals surface area contributed by atoms with E-state index < -0.39 is 28.1 Å². The standard InChI is InChI=1S/C17H19N3O5/c1-4-25-15-8-6-5-7-13(15)18-16(21)12(3)19-11(2)9-10-14(17(19)22)20(23)24/h5-10,12H,4H2,1-3H3,(H,18,21). The van der Waals surface area contributed by atoms with Gasteiger partial charge in [0.05, 0.1) is 17.2 Å². The van der Waals surface area contributed by atoms with Gasteiger partial charge >= 0.3 is 11.2 Å². The third-order valence-electron chi connectivity index (χ3n) is 3.71. The molecule has 8 heteroatoms. The summed E-state index contributed by atoms with van der Waals surface area (Å²) in [6.45, 7) is 5.39. The van der Waals surface area contributed by atoms with Crippen molar-refractivity contribution in [2.45, 2.75) is 26.8 Å². The number of anilines is 1. The molecular weight excluding hydrogens is 326 g/mol. The largest absolute Gasteiger partial charge is 0.492 e. The molecule has 0 aliphatic heterocycles. The molecule has 1 atom stereocenters. The molecule has 2 rings (SSSR count). The minimum atomic E-state index is -0.929. The molecular formula is C17H19N3O5. The molecule has 1 N–H and O–H groups in total. The summed E-state index contributed by atoms with van der Waals surface area (Å²) in [6.07, 6.45) is 0. The van der Waals surface area contributed by atoms with Crippen LogP contribution in [0.1, 0.15) is 25.6 Å². The zero-order valence-electron chi connectivity index (χ0n) is 14.2. The number of hydrogen-bond acceptors (Lipinski definition) is 5. The van der Waals surface area contributed by atoms with Gasteiger partial charge in [-0.05, 0) is 39.0 Å². The summed E-state index contributed by atoms with van der Waals surface area (Å²) in [7, 11) is 0. The van der Waals surface area contributed by atoms with Gasteiger partial charge < -0.3 is 10.1 Å². The maximum absolute atomic E-state index is 12.6. The lowest BCUT2D eigenvalue weighted by atomic mass is 10.2. The van der Waals surface area contributed by atoms with Crippen molar-refractivity contribution in [3.8, 4) is 5.75 Å². The summed E-state index contributed by atoms with van der Waals surface area (Å²) in [5, 5.41) is 13.7. The fraction of sp³-hybridized carbons (Fsp3) is 0.294. The number of rotatable bonds is 6. The number of carbonyl (C=O) groups excluding carboxylic acids is 1. The number of aryl methyl sites for hydroxylation is 1. The monoisotopic (exact) mass is 345 g/mol. The predicted molar refractivity (Wildman–Crippen MR) is 93.0 cm³/mol. The van der Waals surface area contributed by atoms with Gasteiger partial charge in [-0.3, -0.25) is 24.3 Å². The molecule has 0 aliphatic carbocycles. The SMILES string of the molecule is CCOc1ccccc1NC(=O)C(C)n1c(C)ccc([N+](=O)[O-])c1=O. The van der Waals surface area contributed by atoms with Gasteiger partial charge in [0.2, 0.25) is 5.91 Å². The molecule has 8 nitrogen and oxygen atoms in total. The Bertz CT molecular complexity index is 860. The van der Waals surface area contributed by atoms with Gasteiger partial charge in [0, 0.05) is 11.8 Å². The van der Waals surface area contributed by atoms with Crippen LogP contribution < -0.4 is 15.6 Å². The van der Waals surface area contributed by atoms with Crippen molar-refractivity contribution in [3.63, 3.8) is 0 Å². The summed E-state index contributed by atoms with van der Waals surface area (Å²) in [6, 6.07) is 8.57. The van der Waals surface area contributed by atoms with Gasteiger partial charge in [0.1, 0.15) is 11.8 Å². The van der Waals surface area contributed by atoms with Gasteiger partial charge in [-0.25, -0.2) is 0 Å². The van der Waals surface area contributed by atoms with Crippen LogP contribution in [-0.2, 0) is 4.79 Å². The Labute approximate surface area is 144 Å². The van der Waals surface area contributed by atoms with E-state index in [1.807, 2.05) is 6.92 Å². The molecule has 0 spiro atoms. The molecule has 1 aromatic heterocycles. The first-order chi connectivity index (χ1) is 11.9. The minimum absolute atomic E-state index is 0.436. The Kier molecular flexibility index (Phi) is 5.53. The zero-order chi connectivity index (χ0) is 18.6. The number of nitro groups is 1. The Balaban J connectivity index is 2.34. The molecule has 1 aromatic carbocycles. The molecule has 2 aromatic rings. The van der Waals surface area contributed by atoms with Crippen molar-refractivity contribution in [2.75, 3.05) is 11.9 Å². The maximum Gasteiger partial charge on any atom is 0.334 e. The second-order valence-corrected chi connectivity index (χ2v) is 5.39. The average Bonchev–Trinajstić information content (AvgIpc) is 2.56. The summed E-state index contributed by atoms with van der Waals surface area (Å²) >= 11 is 0. The Morgan fingerprint density at radius 3 is 2.64 bits per heavy atom. The van der Waals surface area contributed by atoms with Gasteiger partial charge in [0.25, 0.3) is 0 Å². The first kappa shape index (κ1) is 18.2. The molecule has 25 heavy (non-hydrogen) atoms. The molecule has 0 fully saturated rings. The number of aromatic nitrogens is 1. The van der Waals surface area contributed by atoms with E-state index in [4.69, 9.17) is 4.74 Å². The normalized spacial score (nSPS) is 11.6. The number of benzene rings is 1. The third-order valence-corrected chi connectivity index (χ3v) is 3.71. The molecule has 0 saturated heterocycles. The van der Waals surface area contributed by atoms with Crippen molar-refractivity contribution >= 4 is 17.3 Å². The summed E-state index contributed by atoms with van der Waals surface area (Å²) in [5.74, 6) is 0.0338. The summed E-state index contributed by atoms with van der Waals surface area (Å²) < 4.78 is 6.56. The van der Waals surface area contributed by atoms with Crippen molar-refractivity contribution in [2.24, 2.45) is 0 Å². The van der Waals surface area contributed by atoms with Crippen LogP contribution in [0.4, 0.5) is 11.4 Å². The lowest BCUT2D eigenvalue weighted by Crippen LogP contribution is -2.33. The fourth-order valence-electron chi connectivity index (χ4n) is 2.46. The molecule has 0 radical (unpaired) electrons. The van der Waals surface area contributed by atoms with Crippen LogP contribution >= 0.6 is 0 Å². The Hall–Kier alpha value is -3.16. The number of para-hydroxylation sites is 2. The second kappa shape index (κ2) is 7.61. The molecule has 1 heterocycles. The lowest BCUT2D eigenvalue weighted by molar-refractivity contribution is -0.386. The third kappa shape index (κ3) is 3.85. The minimum Gasteiger partial charge on any atom is -0.492 e. The van der Waals surface area contributed by atoms with Gasteiger partial charge in [-0.2, -0.15) is 0 Å². The molecule has 1 amide bonds. The molecule has 1 unspecified atom stereocenters. The van der Waals surface area contributed by atoms with E-state index >= 15 is 0 Å². The number of hydrogen-bond donors (Lipinski definition) is 1. The van der Waals surface area contributed by atoms with E-state index in [1.54, 1.807) is 31.2 Å². The van der Waals surface area contributed by atoms with Crippen LogP contribution in [0.2, 0.25) is 0 Å². The van der Waals surface area contributed by atoms with Crippen LogP contribution in [0.3, 0.4) is 0 Å². The zero-order valence-corrected chi connectivity index (χ0v) is 14.2. The predicted octanol–water partition coefficient (Wildman–Crippen LogP) is 2.66. The van der Waals surface area contributed by atoms with Crippen molar-refractivity contribution < 1.29 is 14.5 Å². The fourth-order valence-corrected chi connectivity index (χ4v) is 2.46. The van der Waals surface area contributed by atoms with E-state index in [-0.39, 0.29) is 0 Å². The van der Waals surface area contributed by atoms with E-state index in [0.717, 1.165) is 10.6 Å². The number of carbonyl (C=O) groups is 1. The topological polar surface area (TPSA) is 103 Å². The number of pyridine rings is 1. The molecule has 132 valence electrons. The maximum atomic E-state index is 12.6. The first-order valence-corrected chi connectivity index (χ1v) is 7.76. The number of nitrogens with zero attached hydrogens (tertiary/aromatic N) is 2. The Morgan fingerprint density at radius 2 is 2.00 bits per heavy atom. The van der Waals surface area contributed by atoms with Crippen LogP contribution in [-0.4, -0.2) is 22.0 Å². The van der Waals surface area contributed by atoms with E-state index in [0.29, 0.717) is 23.7 Å². The van der Waals surface area contributed by atoms with E-state index in [2.05, 4.69) is 5.32 Å². The molecule has 0 saturated carbocycles. The van der Waals surface area contributed by atoms with Gasteiger partial charge in [-0.15, -0.1) is 0 Å². The quantitative estimate of drug-likeness (QED) is 0.640. The van der Waals surface area contributed by atoms with Crippen molar-refractivity contribution in [3.05, 3.63) is 62.6 Å². The highest BCUT2D eigenvalue weighted by Gasteiger charge is 2.24. The van der Waals surface area contributed by atoms with Crippen molar-refractivity contribution in [1.29, 1.82) is 0 Å². The average molecular weight is 345 g/mol. The smallest absolute Gasteiger partial charge is 0.334 e. The first-order valence-electron chi connectivity index (χ1n) is 7.76. The van der Waals surface area contributed by atoms with Crippen molar-refractivity contribution in [1.82, 2.24) is 4.57 Å². The highest BCUT2D eigenvalue weighted by molar-refractivity contribution is 5.94. The highest BCUT2D eigenvalue weighted by atomic mass is 16.6. The van der Waals surface area contributed by atoms with Crippen LogP contribution in [0.15, 0.2) is 41.2 Å². The summed E-state index contributed by atoms with van der Waals surface area (Å²) in [5.41, 5.74) is -0.459. The lowest BCUT2D eigenvalue weighted by Gasteiger charge is -2.18. The van der Waals surface area contributed by atoms with Crippen LogP contribution in [0.25, 0.3) is 0 Å². The highest BCUT2D eigenvalue weighted by Crippen LogP contribution is 2.25. The summed E-state index contributed by atoms with van der Waals surface area (Å²) in [4.78, 5) is 35.1. The van der Waals surface area contributed by atoms with Crippen LogP contribution in [0, 0.1) is 17.0 Å². The number of nitrogens with one attached hydrogen (secondary N) is 1. The van der Waals surface area contributed by atoms with Gasteiger partial charge in [0.15, 0.2) is 0 Å². The van der Waals surface area contributed by atoms with E-state index in [9.17, 15) is 19.7 Å². The number of amides is 1. The number of ether oxygens (including phenoxy) is 1. The second-order valence-electron chi connectivity index (χ2n) is 5.39. The van der Waals surface area contributed by atoms with E-state index in [1.165, 1.54) is 13.0 Å². The van der Waals surface area contributed by atoms with Gasteiger partial charge in [-0.1, -0.05) is 12.1 Å².